The molecule has 1 atom stereocenters. The van der Waals surface area contributed by atoms with Crippen LogP contribution in [-0.4, -0.2) is 5.91 Å². The van der Waals surface area contributed by atoms with Crippen molar-refractivity contribution in [2.75, 3.05) is 5.32 Å². The molecule has 1 heterocycles. The molecule has 1 aliphatic carbocycles. The molecule has 0 saturated heterocycles. The summed E-state index contributed by atoms with van der Waals surface area (Å²) in [4.78, 5) is 14.7. The van der Waals surface area contributed by atoms with Gasteiger partial charge in [-0.05, 0) is 73.9 Å². The first-order chi connectivity index (χ1) is 10.0. The number of amides is 1. The predicted molar refractivity (Wildman–Crippen MR) is 89.4 cm³/mol. The first-order valence-corrected chi connectivity index (χ1v) is 8.34. The molecule has 0 spiro atoms. The fourth-order valence-electron chi connectivity index (χ4n) is 3.06. The molecule has 2 nitrogen and oxygen atoms in total. The van der Waals surface area contributed by atoms with E-state index in [1.807, 2.05) is 26.0 Å². The van der Waals surface area contributed by atoms with Gasteiger partial charge < -0.3 is 5.32 Å². The molecule has 21 heavy (non-hydrogen) atoms. The van der Waals surface area contributed by atoms with Gasteiger partial charge in [0.1, 0.15) is 0 Å². The molecule has 0 bridgehead atoms. The third-order valence-electron chi connectivity index (χ3n) is 4.03. The minimum absolute atomic E-state index is 0.0204. The van der Waals surface area contributed by atoms with Crippen LogP contribution in [-0.2, 0) is 12.8 Å². The lowest BCUT2D eigenvalue weighted by Gasteiger charge is -2.16. The van der Waals surface area contributed by atoms with E-state index in [9.17, 15) is 4.79 Å². The van der Waals surface area contributed by atoms with Gasteiger partial charge in [0.25, 0.3) is 5.91 Å². The van der Waals surface area contributed by atoms with Crippen molar-refractivity contribution in [2.24, 2.45) is 5.92 Å². The highest BCUT2D eigenvalue weighted by molar-refractivity contribution is 7.14. The summed E-state index contributed by atoms with van der Waals surface area (Å²) in [7, 11) is 0. The topological polar surface area (TPSA) is 29.1 Å². The van der Waals surface area contributed by atoms with E-state index in [-0.39, 0.29) is 5.91 Å². The van der Waals surface area contributed by atoms with E-state index in [0.717, 1.165) is 29.3 Å². The third-order valence-corrected chi connectivity index (χ3v) is 5.27. The van der Waals surface area contributed by atoms with Crippen LogP contribution < -0.4 is 5.32 Å². The van der Waals surface area contributed by atoms with Crippen molar-refractivity contribution in [1.29, 1.82) is 0 Å². The van der Waals surface area contributed by atoms with E-state index in [1.54, 1.807) is 11.3 Å². The number of carbonyl (C=O) groups excluding carboxylic acids is 1. The number of rotatable bonds is 2. The molecular weight excluding hydrogens is 278 g/mol. The van der Waals surface area contributed by atoms with Crippen LogP contribution >= 0.6 is 11.3 Å². The summed E-state index contributed by atoms with van der Waals surface area (Å²) in [5, 5.41) is 3.03. The number of anilines is 1. The van der Waals surface area contributed by atoms with E-state index in [2.05, 4.69) is 24.4 Å². The monoisotopic (exact) mass is 299 g/mol. The Morgan fingerprint density at radius 2 is 1.90 bits per heavy atom. The third kappa shape index (κ3) is 3.18. The molecule has 1 aromatic heterocycles. The number of carbonyl (C=O) groups is 1. The number of aryl methyl sites for hydroxylation is 3. The molecule has 1 aliphatic rings. The summed E-state index contributed by atoms with van der Waals surface area (Å²) in [5.74, 6) is 0.759. The molecule has 1 amide bonds. The number of hydrogen-bond acceptors (Lipinski definition) is 2. The molecule has 2 aromatic rings. The Hall–Kier alpha value is -1.61. The van der Waals surface area contributed by atoms with Crippen LogP contribution in [0.2, 0.25) is 0 Å². The Balaban J connectivity index is 1.79. The molecule has 3 rings (SSSR count). The van der Waals surface area contributed by atoms with Crippen LogP contribution in [0.15, 0.2) is 24.3 Å². The van der Waals surface area contributed by atoms with Gasteiger partial charge in [-0.1, -0.05) is 13.0 Å². The number of thiophene rings is 1. The first-order valence-electron chi connectivity index (χ1n) is 7.52. The molecule has 0 aliphatic heterocycles. The highest BCUT2D eigenvalue weighted by Gasteiger charge is 2.20. The second-order valence-electron chi connectivity index (χ2n) is 6.24. The summed E-state index contributed by atoms with van der Waals surface area (Å²) >= 11 is 1.66. The molecule has 3 heteroatoms. The van der Waals surface area contributed by atoms with Gasteiger partial charge in [0.15, 0.2) is 0 Å². The van der Waals surface area contributed by atoms with Crippen molar-refractivity contribution in [2.45, 2.75) is 40.0 Å². The Morgan fingerprint density at radius 3 is 2.62 bits per heavy atom. The second kappa shape index (κ2) is 5.64. The molecule has 0 radical (unpaired) electrons. The van der Waals surface area contributed by atoms with Gasteiger partial charge in [0, 0.05) is 10.6 Å². The predicted octanol–water partition coefficient (Wildman–Crippen LogP) is 4.74. The van der Waals surface area contributed by atoms with E-state index in [4.69, 9.17) is 0 Å². The van der Waals surface area contributed by atoms with Crippen molar-refractivity contribution in [1.82, 2.24) is 0 Å². The average molecular weight is 299 g/mol. The van der Waals surface area contributed by atoms with Gasteiger partial charge >= 0.3 is 0 Å². The molecular formula is C18H21NOS. The summed E-state index contributed by atoms with van der Waals surface area (Å²) in [6.07, 6.45) is 3.48. The quantitative estimate of drug-likeness (QED) is 0.852. The summed E-state index contributed by atoms with van der Waals surface area (Å²) in [6.45, 7) is 6.39. The van der Waals surface area contributed by atoms with Gasteiger partial charge in [-0.15, -0.1) is 11.3 Å². The zero-order valence-corrected chi connectivity index (χ0v) is 13.6. The van der Waals surface area contributed by atoms with Crippen LogP contribution in [0.5, 0.6) is 0 Å². The maximum Gasteiger partial charge on any atom is 0.265 e. The van der Waals surface area contributed by atoms with Crippen molar-refractivity contribution < 1.29 is 4.79 Å². The normalized spacial score (nSPS) is 17.4. The van der Waals surface area contributed by atoms with Crippen LogP contribution in [0.4, 0.5) is 5.69 Å². The number of fused-ring (bicyclic) bond motifs is 1. The SMILES string of the molecule is Cc1cc(C)cc(NC(=O)c2cc3c(s2)CC[C@@H](C)C3)c1. The zero-order valence-electron chi connectivity index (χ0n) is 12.8. The molecule has 0 fully saturated rings. The Morgan fingerprint density at radius 1 is 1.19 bits per heavy atom. The molecule has 1 N–H and O–H groups in total. The maximum absolute atomic E-state index is 12.4. The minimum Gasteiger partial charge on any atom is -0.321 e. The van der Waals surface area contributed by atoms with E-state index in [0.29, 0.717) is 0 Å². The molecule has 0 unspecified atom stereocenters. The number of nitrogens with one attached hydrogen (secondary N) is 1. The summed E-state index contributed by atoms with van der Waals surface area (Å²) in [5.41, 5.74) is 4.61. The van der Waals surface area contributed by atoms with E-state index >= 15 is 0 Å². The Labute approximate surface area is 130 Å². The number of benzene rings is 1. The minimum atomic E-state index is 0.0204. The van der Waals surface area contributed by atoms with Crippen molar-refractivity contribution >= 4 is 22.9 Å². The lowest BCUT2D eigenvalue weighted by Crippen LogP contribution is -2.10. The lowest BCUT2D eigenvalue weighted by molar-refractivity contribution is 0.103. The molecule has 1 aromatic carbocycles. The van der Waals surface area contributed by atoms with Crippen LogP contribution in [0, 0.1) is 19.8 Å². The van der Waals surface area contributed by atoms with Gasteiger partial charge in [0.05, 0.1) is 4.88 Å². The molecule has 0 saturated carbocycles. The molecule has 110 valence electrons. The summed E-state index contributed by atoms with van der Waals surface area (Å²) in [6, 6.07) is 8.23. The first kappa shape index (κ1) is 14.3. The van der Waals surface area contributed by atoms with Gasteiger partial charge in [-0.2, -0.15) is 0 Å². The van der Waals surface area contributed by atoms with Gasteiger partial charge in [-0.3, -0.25) is 4.79 Å². The van der Waals surface area contributed by atoms with Crippen LogP contribution in [0.25, 0.3) is 0 Å². The second-order valence-corrected chi connectivity index (χ2v) is 7.37. The van der Waals surface area contributed by atoms with E-state index < -0.39 is 0 Å². The number of hydrogen-bond donors (Lipinski definition) is 1. The summed E-state index contributed by atoms with van der Waals surface area (Å²) < 4.78 is 0. The lowest BCUT2D eigenvalue weighted by atomic mass is 9.90. The van der Waals surface area contributed by atoms with Crippen LogP contribution in [0.3, 0.4) is 0 Å². The highest BCUT2D eigenvalue weighted by atomic mass is 32.1. The largest absolute Gasteiger partial charge is 0.321 e. The van der Waals surface area contributed by atoms with Crippen molar-refractivity contribution in [3.05, 3.63) is 50.7 Å². The highest BCUT2D eigenvalue weighted by Crippen LogP contribution is 2.32. The van der Waals surface area contributed by atoms with Crippen molar-refractivity contribution in [3.8, 4) is 0 Å². The average Bonchev–Trinajstić information content (AvgIpc) is 2.80. The Kier molecular flexibility index (Phi) is 3.85. The van der Waals surface area contributed by atoms with E-state index in [1.165, 1.54) is 28.0 Å². The standard InChI is InChI=1S/C18H21NOS/c1-11-4-5-16-14(7-11)10-17(21-16)18(20)19-15-8-12(2)6-13(3)9-15/h6,8-11H,4-5,7H2,1-3H3,(H,19,20)/t11-/m1/s1. The van der Waals surface area contributed by atoms with Crippen molar-refractivity contribution in [3.63, 3.8) is 0 Å². The maximum atomic E-state index is 12.4. The zero-order chi connectivity index (χ0) is 15.0. The smallest absolute Gasteiger partial charge is 0.265 e. The fraction of sp³-hybridized carbons (Fsp3) is 0.389. The van der Waals surface area contributed by atoms with Gasteiger partial charge in [0.2, 0.25) is 0 Å². The Bertz CT molecular complexity index is 666. The van der Waals surface area contributed by atoms with Gasteiger partial charge in [-0.25, -0.2) is 0 Å². The fourth-order valence-corrected chi connectivity index (χ4v) is 4.16. The van der Waals surface area contributed by atoms with Crippen LogP contribution in [0.1, 0.15) is 44.6 Å².